The molecule has 1 aromatic heterocycles. The highest BCUT2D eigenvalue weighted by Crippen LogP contribution is 2.27. The molecule has 0 bridgehead atoms. The van der Waals surface area contributed by atoms with Gasteiger partial charge < -0.3 is 10.4 Å². The Labute approximate surface area is 94.6 Å². The summed E-state index contributed by atoms with van der Waals surface area (Å²) < 4.78 is 1.04. The van der Waals surface area contributed by atoms with Crippen LogP contribution < -0.4 is 5.32 Å². The molecular formula is C9H10BrNO2S. The van der Waals surface area contributed by atoms with Gasteiger partial charge in [0.15, 0.2) is 0 Å². The van der Waals surface area contributed by atoms with Crippen LogP contribution >= 0.6 is 27.3 Å². The SMILES string of the molecule is CNC(/C=C/C(=O)O)c1ccc(Br)s1. The first-order valence-corrected chi connectivity index (χ1v) is 5.58. The summed E-state index contributed by atoms with van der Waals surface area (Å²) in [5.74, 6) is -0.930. The van der Waals surface area contributed by atoms with Gasteiger partial charge >= 0.3 is 5.97 Å². The van der Waals surface area contributed by atoms with E-state index in [2.05, 4.69) is 21.2 Å². The first kappa shape index (κ1) is 11.4. The number of nitrogens with one attached hydrogen (secondary N) is 1. The Morgan fingerprint density at radius 2 is 2.43 bits per heavy atom. The van der Waals surface area contributed by atoms with Crippen molar-refractivity contribution in [3.63, 3.8) is 0 Å². The molecule has 1 rings (SSSR count). The number of hydrogen-bond acceptors (Lipinski definition) is 3. The second kappa shape index (κ2) is 5.29. The number of aliphatic carboxylic acids is 1. The van der Waals surface area contributed by atoms with E-state index in [1.807, 2.05) is 12.1 Å². The van der Waals surface area contributed by atoms with E-state index in [9.17, 15) is 4.79 Å². The lowest BCUT2D eigenvalue weighted by Crippen LogP contribution is -2.12. The molecule has 1 unspecified atom stereocenters. The number of likely N-dealkylation sites (N-methyl/N-ethyl adjacent to an activating group) is 1. The highest BCUT2D eigenvalue weighted by Gasteiger charge is 2.07. The number of carboxylic acids is 1. The van der Waals surface area contributed by atoms with Crippen LogP contribution in [0.3, 0.4) is 0 Å². The zero-order valence-corrected chi connectivity index (χ0v) is 9.93. The summed E-state index contributed by atoms with van der Waals surface area (Å²) in [4.78, 5) is 11.4. The van der Waals surface area contributed by atoms with E-state index in [0.717, 1.165) is 14.7 Å². The van der Waals surface area contributed by atoms with E-state index in [1.54, 1.807) is 24.5 Å². The number of carbonyl (C=O) groups is 1. The van der Waals surface area contributed by atoms with Crippen molar-refractivity contribution in [1.29, 1.82) is 0 Å². The summed E-state index contributed by atoms with van der Waals surface area (Å²) in [6.45, 7) is 0. The average Bonchev–Trinajstić information content (AvgIpc) is 2.53. The van der Waals surface area contributed by atoms with Gasteiger partial charge in [-0.1, -0.05) is 6.08 Å². The molecule has 0 saturated carbocycles. The third-order valence-corrected chi connectivity index (χ3v) is 3.35. The lowest BCUT2D eigenvalue weighted by atomic mass is 10.2. The van der Waals surface area contributed by atoms with Crippen LogP contribution in [0.1, 0.15) is 10.9 Å². The van der Waals surface area contributed by atoms with E-state index in [0.29, 0.717) is 0 Å². The van der Waals surface area contributed by atoms with Crippen molar-refractivity contribution >= 4 is 33.2 Å². The number of hydrogen-bond donors (Lipinski definition) is 2. The molecule has 1 heterocycles. The second-order valence-corrected chi connectivity index (χ2v) is 5.10. The van der Waals surface area contributed by atoms with E-state index >= 15 is 0 Å². The van der Waals surface area contributed by atoms with Gasteiger partial charge in [0.25, 0.3) is 0 Å². The maximum absolute atomic E-state index is 10.3. The molecule has 1 aromatic rings. The molecule has 14 heavy (non-hydrogen) atoms. The van der Waals surface area contributed by atoms with Crippen molar-refractivity contribution in [3.8, 4) is 0 Å². The molecule has 0 aromatic carbocycles. The summed E-state index contributed by atoms with van der Waals surface area (Å²) in [5, 5.41) is 11.5. The van der Waals surface area contributed by atoms with Gasteiger partial charge in [-0.3, -0.25) is 0 Å². The van der Waals surface area contributed by atoms with Crippen LogP contribution in [-0.4, -0.2) is 18.1 Å². The molecule has 0 amide bonds. The van der Waals surface area contributed by atoms with E-state index < -0.39 is 5.97 Å². The smallest absolute Gasteiger partial charge is 0.328 e. The normalized spacial score (nSPS) is 13.3. The van der Waals surface area contributed by atoms with Crippen molar-refractivity contribution in [3.05, 3.63) is 32.9 Å². The van der Waals surface area contributed by atoms with Crippen molar-refractivity contribution in [2.24, 2.45) is 0 Å². The third-order valence-electron chi connectivity index (χ3n) is 1.64. The summed E-state index contributed by atoms with van der Waals surface area (Å²) in [6.07, 6.45) is 2.77. The largest absolute Gasteiger partial charge is 0.478 e. The highest BCUT2D eigenvalue weighted by molar-refractivity contribution is 9.11. The number of thiophene rings is 1. The lowest BCUT2D eigenvalue weighted by molar-refractivity contribution is -0.131. The Kier molecular flexibility index (Phi) is 4.31. The van der Waals surface area contributed by atoms with Crippen molar-refractivity contribution in [1.82, 2.24) is 5.32 Å². The third kappa shape index (κ3) is 3.25. The van der Waals surface area contributed by atoms with Crippen LogP contribution in [0, 0.1) is 0 Å². The Bertz CT molecular complexity index is 348. The fourth-order valence-corrected chi connectivity index (χ4v) is 2.52. The standard InChI is InChI=1S/C9H10BrNO2S/c1-11-6(2-5-9(12)13)7-3-4-8(10)14-7/h2-6,11H,1H3,(H,12,13)/b5-2+. The topological polar surface area (TPSA) is 49.3 Å². The van der Waals surface area contributed by atoms with Crippen LogP contribution in [-0.2, 0) is 4.79 Å². The molecule has 5 heteroatoms. The molecule has 0 aliphatic carbocycles. The average molecular weight is 276 g/mol. The van der Waals surface area contributed by atoms with Crippen LogP contribution in [0.15, 0.2) is 28.1 Å². The van der Waals surface area contributed by atoms with Gasteiger partial charge in [0.1, 0.15) is 0 Å². The fourth-order valence-electron chi connectivity index (χ4n) is 1.01. The molecule has 1 atom stereocenters. The molecule has 0 aliphatic heterocycles. The molecule has 3 nitrogen and oxygen atoms in total. The van der Waals surface area contributed by atoms with Gasteiger partial charge in [0, 0.05) is 11.0 Å². The van der Waals surface area contributed by atoms with Crippen molar-refractivity contribution in [2.45, 2.75) is 6.04 Å². The zero-order valence-electron chi connectivity index (χ0n) is 7.53. The molecule has 0 fully saturated rings. The molecule has 76 valence electrons. The minimum absolute atomic E-state index is 0.0394. The van der Waals surface area contributed by atoms with Crippen molar-refractivity contribution < 1.29 is 9.90 Å². The first-order valence-electron chi connectivity index (χ1n) is 3.97. The highest BCUT2D eigenvalue weighted by atomic mass is 79.9. The first-order chi connectivity index (χ1) is 6.63. The van der Waals surface area contributed by atoms with Gasteiger partial charge in [-0.2, -0.15) is 0 Å². The van der Waals surface area contributed by atoms with E-state index in [4.69, 9.17) is 5.11 Å². The van der Waals surface area contributed by atoms with Gasteiger partial charge in [0.2, 0.25) is 0 Å². The molecule has 2 N–H and O–H groups in total. The predicted molar refractivity (Wildman–Crippen MR) is 60.6 cm³/mol. The van der Waals surface area contributed by atoms with Crippen LogP contribution in [0.4, 0.5) is 0 Å². The number of halogens is 1. The molecule has 0 aliphatic rings. The van der Waals surface area contributed by atoms with E-state index in [1.165, 1.54) is 0 Å². The lowest BCUT2D eigenvalue weighted by Gasteiger charge is -2.07. The summed E-state index contributed by atoms with van der Waals surface area (Å²) in [5.41, 5.74) is 0. The number of rotatable bonds is 4. The van der Waals surface area contributed by atoms with Crippen LogP contribution in [0.5, 0.6) is 0 Å². The molecule has 0 spiro atoms. The fraction of sp³-hybridized carbons (Fsp3) is 0.222. The van der Waals surface area contributed by atoms with Gasteiger partial charge in [-0.05, 0) is 35.1 Å². The Morgan fingerprint density at radius 3 is 2.86 bits per heavy atom. The van der Waals surface area contributed by atoms with Gasteiger partial charge in [0.05, 0.1) is 9.83 Å². The van der Waals surface area contributed by atoms with Crippen LogP contribution in [0.2, 0.25) is 0 Å². The zero-order chi connectivity index (χ0) is 10.6. The van der Waals surface area contributed by atoms with Crippen molar-refractivity contribution in [2.75, 3.05) is 7.05 Å². The number of carboxylic acid groups (broad SMARTS) is 1. The summed E-state index contributed by atoms with van der Waals surface area (Å²) in [6, 6.07) is 3.86. The molecule has 0 saturated heterocycles. The minimum atomic E-state index is -0.930. The molecular weight excluding hydrogens is 266 g/mol. The Morgan fingerprint density at radius 1 is 1.71 bits per heavy atom. The van der Waals surface area contributed by atoms with Gasteiger partial charge in [-0.15, -0.1) is 11.3 Å². The maximum atomic E-state index is 10.3. The Balaban J connectivity index is 2.77. The van der Waals surface area contributed by atoms with E-state index in [-0.39, 0.29) is 6.04 Å². The van der Waals surface area contributed by atoms with Gasteiger partial charge in [-0.25, -0.2) is 4.79 Å². The quantitative estimate of drug-likeness (QED) is 0.830. The minimum Gasteiger partial charge on any atom is -0.478 e. The summed E-state index contributed by atoms with van der Waals surface area (Å²) >= 11 is 4.94. The van der Waals surface area contributed by atoms with Crippen LogP contribution in [0.25, 0.3) is 0 Å². The second-order valence-electron chi connectivity index (χ2n) is 2.61. The maximum Gasteiger partial charge on any atom is 0.328 e. The predicted octanol–water partition coefficient (Wildman–Crippen LogP) is 2.41. The summed E-state index contributed by atoms with van der Waals surface area (Å²) in [7, 11) is 1.80. The monoisotopic (exact) mass is 275 g/mol. The Hall–Kier alpha value is -0.650. The molecule has 0 radical (unpaired) electrons.